The van der Waals surface area contributed by atoms with E-state index in [0.717, 1.165) is 19.6 Å². The number of nitrogens with zero attached hydrogens (tertiary/aromatic N) is 1. The van der Waals surface area contributed by atoms with E-state index in [1.54, 1.807) is 0 Å². The molecule has 0 aromatic carbocycles. The minimum atomic E-state index is 0.627. The Bertz CT molecular complexity index is 154. The van der Waals surface area contributed by atoms with Crippen molar-refractivity contribution < 1.29 is 0 Å². The molecule has 0 saturated heterocycles. The topological polar surface area (TPSA) is 15.3 Å². The molecule has 0 radical (unpaired) electrons. The fourth-order valence-corrected chi connectivity index (χ4v) is 1.62. The smallest absolute Gasteiger partial charge is 0.0159 e. The number of nitrogens with one attached hydrogen (secondary N) is 1. The van der Waals surface area contributed by atoms with Gasteiger partial charge in [0, 0.05) is 31.7 Å². The van der Waals surface area contributed by atoms with Gasteiger partial charge >= 0.3 is 0 Å². The summed E-state index contributed by atoms with van der Waals surface area (Å²) in [6.07, 6.45) is 0. The van der Waals surface area contributed by atoms with Gasteiger partial charge in [0.05, 0.1) is 0 Å². The minimum absolute atomic E-state index is 0.627. The predicted molar refractivity (Wildman–Crippen MR) is 64.7 cm³/mol. The Labute approximate surface area is 89.4 Å². The first-order chi connectivity index (χ1) is 6.45. The Morgan fingerprint density at radius 2 is 1.71 bits per heavy atom. The van der Waals surface area contributed by atoms with Gasteiger partial charge in [-0.2, -0.15) is 0 Å². The molecule has 84 valence electrons. The Morgan fingerprint density at radius 3 is 2.07 bits per heavy atom. The van der Waals surface area contributed by atoms with Crippen LogP contribution in [0.5, 0.6) is 0 Å². The van der Waals surface area contributed by atoms with Crippen LogP contribution in [0.4, 0.5) is 0 Å². The van der Waals surface area contributed by atoms with Crippen molar-refractivity contribution in [1.82, 2.24) is 10.2 Å². The quantitative estimate of drug-likeness (QED) is 0.499. The molecule has 0 heterocycles. The molecule has 0 unspecified atom stereocenters. The first-order valence-electron chi connectivity index (χ1n) is 5.56. The zero-order valence-corrected chi connectivity index (χ0v) is 10.4. The van der Waals surface area contributed by atoms with Gasteiger partial charge in [-0.15, -0.1) is 0 Å². The monoisotopic (exact) mass is 198 g/mol. The van der Waals surface area contributed by atoms with E-state index in [2.05, 4.69) is 51.4 Å². The molecule has 0 aliphatic carbocycles. The second-order valence-corrected chi connectivity index (χ2v) is 4.56. The van der Waals surface area contributed by atoms with E-state index in [-0.39, 0.29) is 0 Å². The second kappa shape index (κ2) is 7.02. The summed E-state index contributed by atoms with van der Waals surface area (Å²) in [6, 6.07) is 1.25. The Hall–Kier alpha value is -0.340. The number of rotatable bonds is 7. The van der Waals surface area contributed by atoms with Crippen LogP contribution in [-0.2, 0) is 0 Å². The van der Waals surface area contributed by atoms with Crippen molar-refractivity contribution in [3.05, 3.63) is 12.2 Å². The van der Waals surface area contributed by atoms with Crippen molar-refractivity contribution in [2.24, 2.45) is 0 Å². The third-order valence-electron chi connectivity index (χ3n) is 2.30. The third-order valence-corrected chi connectivity index (χ3v) is 2.30. The van der Waals surface area contributed by atoms with Gasteiger partial charge in [0.25, 0.3) is 0 Å². The molecular formula is C12H26N2. The van der Waals surface area contributed by atoms with Gasteiger partial charge in [-0.25, -0.2) is 0 Å². The maximum absolute atomic E-state index is 3.87. The fourth-order valence-electron chi connectivity index (χ4n) is 1.62. The van der Waals surface area contributed by atoms with Crippen LogP contribution < -0.4 is 5.32 Å². The van der Waals surface area contributed by atoms with Crippen molar-refractivity contribution in [1.29, 1.82) is 0 Å². The Balaban J connectivity index is 3.67. The molecule has 0 fully saturated rings. The van der Waals surface area contributed by atoms with Crippen molar-refractivity contribution in [3.63, 3.8) is 0 Å². The molecule has 0 amide bonds. The van der Waals surface area contributed by atoms with Crippen LogP contribution in [0, 0.1) is 0 Å². The maximum Gasteiger partial charge on any atom is 0.0159 e. The second-order valence-electron chi connectivity index (χ2n) is 4.56. The van der Waals surface area contributed by atoms with Gasteiger partial charge in [-0.05, 0) is 34.6 Å². The summed E-state index contributed by atoms with van der Waals surface area (Å²) in [7, 11) is 0. The molecular weight excluding hydrogens is 172 g/mol. The molecule has 0 atom stereocenters. The van der Waals surface area contributed by atoms with Crippen LogP contribution in [0.1, 0.15) is 34.6 Å². The molecule has 0 spiro atoms. The molecule has 0 aliphatic heterocycles. The molecule has 0 aromatic heterocycles. The van der Waals surface area contributed by atoms with Gasteiger partial charge < -0.3 is 5.32 Å². The summed E-state index contributed by atoms with van der Waals surface area (Å²) < 4.78 is 0. The standard InChI is InChI=1S/C12H26N2/c1-10(2)9-13-7-8-14(11(3)4)12(5)6/h11-13H,1,7-9H2,2-6H3. The Morgan fingerprint density at radius 1 is 1.21 bits per heavy atom. The molecule has 14 heavy (non-hydrogen) atoms. The highest BCUT2D eigenvalue weighted by atomic mass is 15.2. The molecule has 0 rings (SSSR count). The summed E-state index contributed by atoms with van der Waals surface area (Å²) >= 11 is 0. The van der Waals surface area contributed by atoms with Crippen LogP contribution in [0.3, 0.4) is 0 Å². The molecule has 0 aromatic rings. The lowest BCUT2D eigenvalue weighted by Gasteiger charge is -2.30. The summed E-state index contributed by atoms with van der Waals surface area (Å²) in [5.41, 5.74) is 1.20. The van der Waals surface area contributed by atoms with E-state index < -0.39 is 0 Å². The molecule has 0 saturated carbocycles. The summed E-state index contributed by atoms with van der Waals surface area (Å²) in [5.74, 6) is 0. The van der Waals surface area contributed by atoms with Gasteiger partial charge in [0.2, 0.25) is 0 Å². The lowest BCUT2D eigenvalue weighted by Crippen LogP contribution is -2.41. The SMILES string of the molecule is C=C(C)CNCCN(C(C)C)C(C)C. The lowest BCUT2D eigenvalue weighted by molar-refractivity contribution is 0.176. The predicted octanol–water partition coefficient (Wildman–Crippen LogP) is 2.27. The highest BCUT2D eigenvalue weighted by molar-refractivity contribution is 4.90. The fraction of sp³-hybridized carbons (Fsp3) is 0.833. The van der Waals surface area contributed by atoms with E-state index >= 15 is 0 Å². The average Bonchev–Trinajstić information content (AvgIpc) is 2.01. The molecule has 2 nitrogen and oxygen atoms in total. The molecule has 2 heteroatoms. The minimum Gasteiger partial charge on any atom is -0.312 e. The zero-order valence-electron chi connectivity index (χ0n) is 10.4. The summed E-state index contributed by atoms with van der Waals surface area (Å²) in [6.45, 7) is 18.0. The third kappa shape index (κ3) is 6.17. The Kier molecular flexibility index (Phi) is 6.85. The largest absolute Gasteiger partial charge is 0.312 e. The van der Waals surface area contributed by atoms with Crippen molar-refractivity contribution in [2.75, 3.05) is 19.6 Å². The van der Waals surface area contributed by atoms with E-state index in [0.29, 0.717) is 12.1 Å². The van der Waals surface area contributed by atoms with E-state index in [1.165, 1.54) is 5.57 Å². The first-order valence-corrected chi connectivity index (χ1v) is 5.56. The highest BCUT2D eigenvalue weighted by Gasteiger charge is 2.11. The van der Waals surface area contributed by atoms with Crippen molar-refractivity contribution in [2.45, 2.75) is 46.7 Å². The molecule has 1 N–H and O–H groups in total. The van der Waals surface area contributed by atoms with Crippen LogP contribution in [0.25, 0.3) is 0 Å². The van der Waals surface area contributed by atoms with Crippen LogP contribution in [0.15, 0.2) is 12.2 Å². The summed E-state index contributed by atoms with van der Waals surface area (Å²) in [5, 5.41) is 3.38. The van der Waals surface area contributed by atoms with Crippen LogP contribution in [0.2, 0.25) is 0 Å². The van der Waals surface area contributed by atoms with Gasteiger partial charge in [-0.1, -0.05) is 12.2 Å². The van der Waals surface area contributed by atoms with Crippen molar-refractivity contribution in [3.8, 4) is 0 Å². The number of hydrogen-bond donors (Lipinski definition) is 1. The maximum atomic E-state index is 3.87. The highest BCUT2D eigenvalue weighted by Crippen LogP contribution is 2.03. The van der Waals surface area contributed by atoms with Gasteiger partial charge in [0.15, 0.2) is 0 Å². The molecule has 0 bridgehead atoms. The van der Waals surface area contributed by atoms with Crippen LogP contribution >= 0.6 is 0 Å². The van der Waals surface area contributed by atoms with Crippen LogP contribution in [-0.4, -0.2) is 36.6 Å². The average molecular weight is 198 g/mol. The van der Waals surface area contributed by atoms with E-state index in [1.807, 2.05) is 0 Å². The first kappa shape index (κ1) is 13.7. The van der Waals surface area contributed by atoms with Gasteiger partial charge in [-0.3, -0.25) is 4.90 Å². The number of hydrogen-bond acceptors (Lipinski definition) is 2. The zero-order chi connectivity index (χ0) is 11.1. The lowest BCUT2D eigenvalue weighted by atomic mass is 10.2. The van der Waals surface area contributed by atoms with E-state index in [4.69, 9.17) is 0 Å². The van der Waals surface area contributed by atoms with Gasteiger partial charge in [0.1, 0.15) is 0 Å². The molecule has 0 aliphatic rings. The summed E-state index contributed by atoms with van der Waals surface area (Å²) in [4.78, 5) is 2.49. The van der Waals surface area contributed by atoms with E-state index in [9.17, 15) is 0 Å². The van der Waals surface area contributed by atoms with Crippen molar-refractivity contribution >= 4 is 0 Å². The normalized spacial score (nSPS) is 11.7.